The molecule has 9 nitrogen and oxygen atoms in total. The quantitative estimate of drug-likeness (QED) is 0.421. The fraction of sp³-hybridized carbons (Fsp3) is 0.522. The molecule has 3 atom stereocenters. The van der Waals surface area contributed by atoms with Gasteiger partial charge in [0, 0.05) is 12.2 Å². The molecule has 4 amide bonds. The van der Waals surface area contributed by atoms with Crippen molar-refractivity contribution in [3.63, 3.8) is 0 Å². The van der Waals surface area contributed by atoms with Crippen molar-refractivity contribution in [3.05, 3.63) is 29.4 Å². The Hall–Kier alpha value is -3.72. The number of carbonyl (C=O) groups is 3. The number of halogens is 7. The number of piperidine rings is 1. The number of rotatable bonds is 2. The SMILES string of the molecule is CC(C)C1C[C@H](C(F)(F)F)CN2c3cc(F)c(-c4noc(C(F)(F)F)n4)cc3CC3(C(=O)NC(=O)NC3=O)[C@@H]12. The number of hydrogen-bond acceptors (Lipinski definition) is 7. The highest BCUT2D eigenvalue weighted by Gasteiger charge is 2.65. The van der Waals surface area contributed by atoms with Crippen LogP contribution in [-0.2, 0) is 22.2 Å². The molecule has 0 saturated carbocycles. The third-order valence-corrected chi connectivity index (χ3v) is 7.66. The van der Waals surface area contributed by atoms with Gasteiger partial charge in [0.15, 0.2) is 5.41 Å². The Balaban J connectivity index is 1.71. The van der Waals surface area contributed by atoms with Crippen LogP contribution in [0.3, 0.4) is 0 Å². The number of aromatic nitrogens is 2. The van der Waals surface area contributed by atoms with Gasteiger partial charge >= 0.3 is 24.3 Å². The third-order valence-electron chi connectivity index (χ3n) is 7.66. The van der Waals surface area contributed by atoms with Gasteiger partial charge < -0.3 is 9.42 Å². The Morgan fingerprint density at radius 2 is 1.72 bits per heavy atom. The highest BCUT2D eigenvalue weighted by atomic mass is 19.4. The van der Waals surface area contributed by atoms with Gasteiger partial charge in [-0.2, -0.15) is 31.3 Å². The van der Waals surface area contributed by atoms with Gasteiger partial charge in [0.1, 0.15) is 5.82 Å². The van der Waals surface area contributed by atoms with Gasteiger partial charge in [-0.25, -0.2) is 9.18 Å². The summed E-state index contributed by atoms with van der Waals surface area (Å²) in [5, 5.41) is 7.19. The second kappa shape index (κ2) is 8.64. The van der Waals surface area contributed by atoms with Crippen LogP contribution in [0.1, 0.15) is 31.7 Å². The predicted molar refractivity (Wildman–Crippen MR) is 116 cm³/mol. The first kappa shape index (κ1) is 26.9. The van der Waals surface area contributed by atoms with E-state index in [1.807, 2.05) is 10.6 Å². The van der Waals surface area contributed by atoms with Gasteiger partial charge in [0.2, 0.25) is 17.6 Å². The number of amides is 4. The van der Waals surface area contributed by atoms with Crippen molar-refractivity contribution in [3.8, 4) is 11.4 Å². The summed E-state index contributed by atoms with van der Waals surface area (Å²) in [6, 6.07) is -0.492. The van der Waals surface area contributed by atoms with Crippen molar-refractivity contribution in [1.82, 2.24) is 20.8 Å². The molecular weight excluding hydrogens is 543 g/mol. The van der Waals surface area contributed by atoms with Crippen molar-refractivity contribution >= 4 is 23.5 Å². The second-order valence-electron chi connectivity index (χ2n) is 10.2. The molecule has 4 heterocycles. The Morgan fingerprint density at radius 1 is 1.08 bits per heavy atom. The largest absolute Gasteiger partial charge is 0.471 e. The fourth-order valence-electron chi connectivity index (χ4n) is 5.90. The van der Waals surface area contributed by atoms with Crippen LogP contribution in [0.25, 0.3) is 11.4 Å². The summed E-state index contributed by atoms with van der Waals surface area (Å²) in [6.07, 6.45) is -10.6. The molecule has 3 aliphatic rings. The first-order valence-corrected chi connectivity index (χ1v) is 11.8. The molecule has 2 N–H and O–H groups in total. The predicted octanol–water partition coefficient (Wildman–Crippen LogP) is 3.83. The molecule has 2 fully saturated rings. The number of nitrogens with one attached hydrogen (secondary N) is 2. The zero-order valence-electron chi connectivity index (χ0n) is 20.2. The average Bonchev–Trinajstić information content (AvgIpc) is 3.31. The maximum atomic E-state index is 15.3. The zero-order valence-corrected chi connectivity index (χ0v) is 20.2. The van der Waals surface area contributed by atoms with Crippen LogP contribution >= 0.6 is 0 Å². The Labute approximate surface area is 215 Å². The molecule has 39 heavy (non-hydrogen) atoms. The van der Waals surface area contributed by atoms with E-state index in [0.717, 1.165) is 17.0 Å². The van der Waals surface area contributed by atoms with Crippen molar-refractivity contribution in [2.75, 3.05) is 11.4 Å². The zero-order chi connectivity index (χ0) is 28.7. The van der Waals surface area contributed by atoms with Gasteiger partial charge in [-0.1, -0.05) is 19.0 Å². The van der Waals surface area contributed by atoms with Crippen molar-refractivity contribution in [2.45, 2.75) is 45.1 Å². The molecule has 0 aliphatic carbocycles. The summed E-state index contributed by atoms with van der Waals surface area (Å²) in [7, 11) is 0. The smallest absolute Gasteiger partial charge is 0.366 e. The number of benzene rings is 1. The van der Waals surface area contributed by atoms with Gasteiger partial charge in [0.25, 0.3) is 0 Å². The number of imide groups is 2. The fourth-order valence-corrected chi connectivity index (χ4v) is 5.90. The molecule has 0 radical (unpaired) electrons. The normalized spacial score (nSPS) is 24.9. The number of carbonyl (C=O) groups excluding carboxylic acids is 3. The summed E-state index contributed by atoms with van der Waals surface area (Å²) < 4.78 is 100. The average molecular weight is 563 g/mol. The Kier molecular flexibility index (Phi) is 5.95. The van der Waals surface area contributed by atoms with Crippen LogP contribution in [0, 0.1) is 29.0 Å². The van der Waals surface area contributed by atoms with Crippen LogP contribution < -0.4 is 15.5 Å². The van der Waals surface area contributed by atoms with Crippen molar-refractivity contribution in [2.24, 2.45) is 23.2 Å². The van der Waals surface area contributed by atoms with E-state index in [-0.39, 0.29) is 11.3 Å². The molecule has 1 spiro atoms. The van der Waals surface area contributed by atoms with Gasteiger partial charge in [-0.05, 0) is 42.4 Å². The summed E-state index contributed by atoms with van der Waals surface area (Å²) in [4.78, 5) is 42.9. The highest BCUT2D eigenvalue weighted by molar-refractivity contribution is 6.20. The van der Waals surface area contributed by atoms with Crippen LogP contribution in [0.4, 0.5) is 41.2 Å². The minimum absolute atomic E-state index is 0.0222. The highest BCUT2D eigenvalue weighted by Crippen LogP contribution is 2.53. The lowest BCUT2D eigenvalue weighted by molar-refractivity contribution is -0.185. The Bertz CT molecular complexity index is 1350. The van der Waals surface area contributed by atoms with Crippen LogP contribution in [0.15, 0.2) is 16.7 Å². The van der Waals surface area contributed by atoms with E-state index in [9.17, 15) is 40.7 Å². The number of barbiturate groups is 1. The number of anilines is 1. The van der Waals surface area contributed by atoms with Gasteiger partial charge in [0.05, 0.1) is 17.5 Å². The lowest BCUT2D eigenvalue weighted by Crippen LogP contribution is -2.74. The molecule has 2 saturated heterocycles. The topological polar surface area (TPSA) is 117 Å². The molecule has 1 unspecified atom stereocenters. The van der Waals surface area contributed by atoms with Crippen LogP contribution in [-0.4, -0.2) is 46.7 Å². The molecule has 2 aromatic rings. The molecule has 5 rings (SSSR count). The number of alkyl halides is 6. The minimum Gasteiger partial charge on any atom is -0.366 e. The molecular formula is C23H20F7N5O4. The number of fused-ring (bicyclic) bond motifs is 4. The monoisotopic (exact) mass is 563 g/mol. The van der Waals surface area contributed by atoms with E-state index >= 15 is 4.39 Å². The maximum absolute atomic E-state index is 15.3. The summed E-state index contributed by atoms with van der Waals surface area (Å²) in [5.74, 6) is -9.04. The van der Waals surface area contributed by atoms with Gasteiger partial charge in [-0.3, -0.25) is 20.2 Å². The lowest BCUT2D eigenvalue weighted by Gasteiger charge is -2.57. The van der Waals surface area contributed by atoms with Crippen molar-refractivity contribution in [1.29, 1.82) is 0 Å². The molecule has 0 bridgehead atoms. The second-order valence-corrected chi connectivity index (χ2v) is 10.2. The number of hydrogen-bond donors (Lipinski definition) is 2. The summed E-state index contributed by atoms with van der Waals surface area (Å²) >= 11 is 0. The molecule has 16 heteroatoms. The standard InChI is InChI=1S/C23H20F7N5O4/c1-8(2)11-4-10(22(25,26)27)7-35-14-5-13(24)12(16-31-19(39-34-16)23(28,29)30)3-9(14)6-21(15(11)35)17(36)32-20(38)33-18(21)37/h3,5,8,10-11,15H,4,6-7H2,1-2H3,(H2,32,33,36,37,38)/t10-,11?,15+/m0/s1. The number of nitrogens with zero attached hydrogens (tertiary/aromatic N) is 3. The van der Waals surface area contributed by atoms with Crippen LogP contribution in [0.5, 0.6) is 0 Å². The van der Waals surface area contributed by atoms with E-state index in [2.05, 4.69) is 14.7 Å². The Morgan fingerprint density at radius 3 is 2.26 bits per heavy atom. The lowest BCUT2D eigenvalue weighted by atomic mass is 9.59. The third kappa shape index (κ3) is 4.19. The molecule has 3 aliphatic heterocycles. The summed E-state index contributed by atoms with van der Waals surface area (Å²) in [6.45, 7) is 2.54. The number of urea groups is 1. The first-order chi connectivity index (χ1) is 18.0. The molecule has 1 aromatic heterocycles. The van der Waals surface area contributed by atoms with E-state index in [1.54, 1.807) is 13.8 Å². The van der Waals surface area contributed by atoms with E-state index in [4.69, 9.17) is 0 Å². The minimum atomic E-state index is -5.02. The summed E-state index contributed by atoms with van der Waals surface area (Å²) in [5.41, 5.74) is -2.77. The maximum Gasteiger partial charge on any atom is 0.471 e. The van der Waals surface area contributed by atoms with Crippen LogP contribution in [0.2, 0.25) is 0 Å². The first-order valence-electron chi connectivity index (χ1n) is 11.8. The van der Waals surface area contributed by atoms with Crippen molar-refractivity contribution < 1.29 is 49.6 Å². The molecule has 1 aromatic carbocycles. The van der Waals surface area contributed by atoms with E-state index in [1.165, 1.54) is 0 Å². The van der Waals surface area contributed by atoms with Gasteiger partial charge in [-0.15, -0.1) is 0 Å². The molecule has 210 valence electrons. The van der Waals surface area contributed by atoms with E-state index < -0.39 is 102 Å². The van der Waals surface area contributed by atoms with E-state index in [0.29, 0.717) is 0 Å².